The molecule has 0 aliphatic carbocycles. The zero-order chi connectivity index (χ0) is 20.5. The fourth-order valence-corrected chi connectivity index (χ4v) is 3.30. The van der Waals surface area contributed by atoms with Crippen molar-refractivity contribution < 1.29 is 19.1 Å². The molecular formula is C23H44O4. The highest BCUT2D eigenvalue weighted by Gasteiger charge is 2.35. The molecule has 0 saturated heterocycles. The third-order valence-electron chi connectivity index (χ3n) is 5.15. The molecular weight excluding hydrogens is 340 g/mol. The number of hydrogen-bond acceptors (Lipinski definition) is 4. The van der Waals surface area contributed by atoms with Crippen LogP contribution in [0.1, 0.15) is 112 Å². The highest BCUT2D eigenvalue weighted by Crippen LogP contribution is 2.29. The lowest BCUT2D eigenvalue weighted by atomic mass is 9.81. The molecule has 0 heterocycles. The molecule has 0 bridgehead atoms. The fraction of sp³-hybridized carbons (Fsp3) is 0.913. The monoisotopic (exact) mass is 384 g/mol. The molecule has 0 fully saturated rings. The van der Waals surface area contributed by atoms with E-state index in [2.05, 4.69) is 6.92 Å². The van der Waals surface area contributed by atoms with Crippen molar-refractivity contribution in [3.63, 3.8) is 0 Å². The van der Waals surface area contributed by atoms with Gasteiger partial charge in [0.2, 0.25) is 0 Å². The molecule has 0 N–H and O–H groups in total. The number of esters is 2. The third-order valence-corrected chi connectivity index (χ3v) is 5.15. The van der Waals surface area contributed by atoms with Crippen LogP contribution in [0.25, 0.3) is 0 Å². The number of carbonyl (C=O) groups is 2. The van der Waals surface area contributed by atoms with Gasteiger partial charge in [-0.3, -0.25) is 9.59 Å². The molecule has 1 unspecified atom stereocenters. The van der Waals surface area contributed by atoms with E-state index in [4.69, 9.17) is 9.47 Å². The van der Waals surface area contributed by atoms with Crippen LogP contribution in [0.3, 0.4) is 0 Å². The lowest BCUT2D eigenvalue weighted by Crippen LogP contribution is -2.32. The van der Waals surface area contributed by atoms with Crippen LogP contribution in [0.5, 0.6) is 0 Å². The van der Waals surface area contributed by atoms with E-state index < -0.39 is 5.41 Å². The Bertz CT molecular complexity index is 390. The predicted molar refractivity (Wildman–Crippen MR) is 112 cm³/mol. The molecule has 0 radical (unpaired) electrons. The van der Waals surface area contributed by atoms with E-state index >= 15 is 0 Å². The topological polar surface area (TPSA) is 52.6 Å². The molecule has 160 valence electrons. The van der Waals surface area contributed by atoms with E-state index in [0.29, 0.717) is 26.1 Å². The first-order valence-electron chi connectivity index (χ1n) is 11.2. The maximum Gasteiger partial charge on any atom is 0.311 e. The normalized spacial score (nSPS) is 12.6. The summed E-state index contributed by atoms with van der Waals surface area (Å²) in [6.45, 7) is 10.6. The molecule has 0 aliphatic rings. The Labute approximate surface area is 167 Å². The summed E-state index contributed by atoms with van der Waals surface area (Å²) in [6, 6.07) is 0. The fourth-order valence-electron chi connectivity index (χ4n) is 3.30. The molecule has 0 aromatic carbocycles. The van der Waals surface area contributed by atoms with E-state index in [1.807, 2.05) is 20.8 Å². The quantitative estimate of drug-likeness (QED) is 0.213. The van der Waals surface area contributed by atoms with Crippen LogP contribution in [0.4, 0.5) is 0 Å². The first-order valence-corrected chi connectivity index (χ1v) is 11.2. The zero-order valence-electron chi connectivity index (χ0n) is 18.6. The molecule has 0 rings (SSSR count). The molecule has 0 aromatic heterocycles. The Balaban J connectivity index is 3.88. The highest BCUT2D eigenvalue weighted by atomic mass is 16.5. The van der Waals surface area contributed by atoms with E-state index in [9.17, 15) is 9.59 Å². The van der Waals surface area contributed by atoms with Crippen molar-refractivity contribution >= 4 is 11.9 Å². The predicted octanol–water partition coefficient (Wildman–Crippen LogP) is 6.46. The summed E-state index contributed by atoms with van der Waals surface area (Å²) in [5, 5.41) is 0. The Hall–Kier alpha value is -1.06. The second kappa shape index (κ2) is 15.9. The number of ether oxygens (including phenoxy) is 2. The van der Waals surface area contributed by atoms with Gasteiger partial charge >= 0.3 is 11.9 Å². The lowest BCUT2D eigenvalue weighted by Gasteiger charge is -2.26. The van der Waals surface area contributed by atoms with Gasteiger partial charge < -0.3 is 9.47 Å². The van der Waals surface area contributed by atoms with Crippen LogP contribution in [-0.2, 0) is 19.1 Å². The second-order valence-electron chi connectivity index (χ2n) is 8.26. The summed E-state index contributed by atoms with van der Waals surface area (Å²) < 4.78 is 10.6. The Morgan fingerprint density at radius 3 is 1.78 bits per heavy atom. The van der Waals surface area contributed by atoms with E-state index in [-0.39, 0.29) is 17.9 Å². The summed E-state index contributed by atoms with van der Waals surface area (Å²) in [6.07, 6.45) is 13.8. The van der Waals surface area contributed by atoms with Crippen molar-refractivity contribution in [1.82, 2.24) is 0 Å². The van der Waals surface area contributed by atoms with Crippen molar-refractivity contribution in [3.8, 4) is 0 Å². The van der Waals surface area contributed by atoms with Gasteiger partial charge in [-0.15, -0.1) is 0 Å². The maximum absolute atomic E-state index is 12.4. The van der Waals surface area contributed by atoms with Crippen LogP contribution in [0.15, 0.2) is 0 Å². The standard InChI is InChI=1S/C23H44O4/c1-6-9-10-11-12-13-14-15-16-17-18-27-22(25)23(4,5)19-20(7-2)21(24)26-8-3/h20H,6-19H2,1-5H3. The van der Waals surface area contributed by atoms with Crippen molar-refractivity contribution in [3.05, 3.63) is 0 Å². The van der Waals surface area contributed by atoms with Crippen LogP contribution in [-0.4, -0.2) is 25.2 Å². The second-order valence-corrected chi connectivity index (χ2v) is 8.26. The first kappa shape index (κ1) is 25.9. The van der Waals surface area contributed by atoms with E-state index in [1.165, 1.54) is 51.4 Å². The van der Waals surface area contributed by atoms with E-state index in [0.717, 1.165) is 12.8 Å². The van der Waals surface area contributed by atoms with Gasteiger partial charge in [0.25, 0.3) is 0 Å². The molecule has 4 nitrogen and oxygen atoms in total. The van der Waals surface area contributed by atoms with Crippen molar-refractivity contribution in [2.24, 2.45) is 11.3 Å². The SMILES string of the molecule is CCCCCCCCCCCCOC(=O)C(C)(C)CC(CC)C(=O)OCC. The summed E-state index contributed by atoms with van der Waals surface area (Å²) in [4.78, 5) is 24.3. The minimum Gasteiger partial charge on any atom is -0.466 e. The Morgan fingerprint density at radius 2 is 1.30 bits per heavy atom. The summed E-state index contributed by atoms with van der Waals surface area (Å²) in [7, 11) is 0. The molecule has 0 spiro atoms. The zero-order valence-corrected chi connectivity index (χ0v) is 18.6. The largest absolute Gasteiger partial charge is 0.466 e. The van der Waals surface area contributed by atoms with Crippen molar-refractivity contribution in [2.45, 2.75) is 112 Å². The molecule has 0 aromatic rings. The third kappa shape index (κ3) is 12.9. The lowest BCUT2D eigenvalue weighted by molar-refractivity contribution is -0.157. The molecule has 4 heteroatoms. The minimum absolute atomic E-state index is 0.207. The molecule has 0 saturated carbocycles. The molecule has 1 atom stereocenters. The van der Waals surface area contributed by atoms with E-state index in [1.54, 1.807) is 6.92 Å². The van der Waals surface area contributed by atoms with Crippen LogP contribution in [0, 0.1) is 11.3 Å². The molecule has 0 amide bonds. The molecule has 0 aliphatic heterocycles. The van der Waals surface area contributed by atoms with Crippen molar-refractivity contribution in [1.29, 1.82) is 0 Å². The number of hydrogen-bond donors (Lipinski definition) is 0. The van der Waals surface area contributed by atoms with Gasteiger partial charge in [-0.1, -0.05) is 71.6 Å². The average Bonchev–Trinajstić information content (AvgIpc) is 2.64. The van der Waals surface area contributed by atoms with Gasteiger partial charge in [-0.05, 0) is 40.0 Å². The van der Waals surface area contributed by atoms with Gasteiger partial charge in [0.1, 0.15) is 0 Å². The Kier molecular flexibility index (Phi) is 15.3. The van der Waals surface area contributed by atoms with Gasteiger partial charge in [-0.25, -0.2) is 0 Å². The number of unbranched alkanes of at least 4 members (excludes halogenated alkanes) is 9. The summed E-state index contributed by atoms with van der Waals surface area (Å²) in [5.41, 5.74) is -0.661. The van der Waals surface area contributed by atoms with Gasteiger partial charge in [0, 0.05) is 0 Å². The van der Waals surface area contributed by atoms with Crippen LogP contribution < -0.4 is 0 Å². The van der Waals surface area contributed by atoms with Crippen molar-refractivity contribution in [2.75, 3.05) is 13.2 Å². The Morgan fingerprint density at radius 1 is 0.778 bits per heavy atom. The number of rotatable bonds is 17. The number of carbonyl (C=O) groups excluding carboxylic acids is 2. The summed E-state index contributed by atoms with van der Waals surface area (Å²) in [5.74, 6) is -0.665. The molecule has 27 heavy (non-hydrogen) atoms. The van der Waals surface area contributed by atoms with Crippen LogP contribution in [0.2, 0.25) is 0 Å². The smallest absolute Gasteiger partial charge is 0.311 e. The highest BCUT2D eigenvalue weighted by molar-refractivity contribution is 5.78. The minimum atomic E-state index is -0.661. The first-order chi connectivity index (χ1) is 12.9. The van der Waals surface area contributed by atoms with Gasteiger partial charge in [-0.2, -0.15) is 0 Å². The van der Waals surface area contributed by atoms with Gasteiger partial charge in [0.15, 0.2) is 0 Å². The average molecular weight is 385 g/mol. The van der Waals surface area contributed by atoms with Gasteiger partial charge in [0.05, 0.1) is 24.5 Å². The summed E-state index contributed by atoms with van der Waals surface area (Å²) >= 11 is 0. The van der Waals surface area contributed by atoms with Crippen LogP contribution >= 0.6 is 0 Å². The maximum atomic E-state index is 12.4.